The van der Waals surface area contributed by atoms with E-state index in [-0.39, 0.29) is 28.3 Å². The number of alkyl halides is 3. The zero-order valence-electron chi connectivity index (χ0n) is 19.7. The predicted molar refractivity (Wildman–Crippen MR) is 124 cm³/mol. The van der Waals surface area contributed by atoms with E-state index in [4.69, 9.17) is 16.3 Å². The van der Waals surface area contributed by atoms with Crippen LogP contribution in [0.2, 0.25) is 5.02 Å². The number of piperidine rings is 1. The van der Waals surface area contributed by atoms with Crippen molar-refractivity contribution >= 4 is 17.6 Å². The number of nitrogens with zero attached hydrogens (tertiary/aromatic N) is 2. The molecule has 1 saturated carbocycles. The van der Waals surface area contributed by atoms with E-state index in [1.54, 1.807) is 12.1 Å². The van der Waals surface area contributed by atoms with Crippen molar-refractivity contribution in [1.29, 1.82) is 0 Å². The average molecular weight is 531 g/mol. The number of esters is 1. The molecule has 1 aromatic heterocycles. The van der Waals surface area contributed by atoms with Gasteiger partial charge in [0.2, 0.25) is 5.88 Å². The van der Waals surface area contributed by atoms with Crippen LogP contribution in [0.1, 0.15) is 53.1 Å². The number of halogens is 5. The van der Waals surface area contributed by atoms with E-state index >= 15 is 0 Å². The number of hydrogen-bond donors (Lipinski definition) is 0. The van der Waals surface area contributed by atoms with Crippen LogP contribution in [-0.4, -0.2) is 55.4 Å². The Morgan fingerprint density at radius 3 is 2.47 bits per heavy atom. The van der Waals surface area contributed by atoms with E-state index < -0.39 is 24.6 Å². The zero-order valence-corrected chi connectivity index (χ0v) is 20.5. The summed E-state index contributed by atoms with van der Waals surface area (Å²) in [6, 6.07) is 4.41. The third kappa shape index (κ3) is 7.00. The van der Waals surface area contributed by atoms with Gasteiger partial charge < -0.3 is 14.2 Å². The Balaban J connectivity index is 1.28. The van der Waals surface area contributed by atoms with Gasteiger partial charge in [-0.15, -0.1) is 0 Å². The van der Waals surface area contributed by atoms with E-state index in [1.807, 2.05) is 0 Å². The minimum Gasteiger partial charge on any atom is -0.493 e. The topological polar surface area (TPSA) is 60.9 Å². The summed E-state index contributed by atoms with van der Waals surface area (Å²) in [5, 5.41) is 0.0388. The first-order valence-electron chi connectivity index (χ1n) is 11.7. The lowest BCUT2D eigenvalue weighted by Crippen LogP contribution is -2.35. The Morgan fingerprint density at radius 1 is 1.14 bits per heavy atom. The predicted octanol–water partition coefficient (Wildman–Crippen LogP) is 5.77. The lowest BCUT2D eigenvalue weighted by atomic mass is 9.97. The molecule has 1 aliphatic heterocycles. The molecule has 2 aromatic rings. The van der Waals surface area contributed by atoms with Crippen LogP contribution < -0.4 is 9.47 Å². The highest BCUT2D eigenvalue weighted by Gasteiger charge is 2.31. The van der Waals surface area contributed by atoms with Gasteiger partial charge in [-0.2, -0.15) is 13.2 Å². The molecule has 0 bridgehead atoms. The Hall–Kier alpha value is -2.59. The summed E-state index contributed by atoms with van der Waals surface area (Å²) in [6.07, 6.45) is 0.714. The van der Waals surface area contributed by atoms with Gasteiger partial charge in [0.05, 0.1) is 19.3 Å². The number of carbonyl (C=O) groups excluding carboxylic acids is 1. The number of methoxy groups -OCH3 is 1. The van der Waals surface area contributed by atoms with Gasteiger partial charge in [-0.1, -0.05) is 11.6 Å². The molecule has 36 heavy (non-hydrogen) atoms. The third-order valence-electron chi connectivity index (χ3n) is 6.35. The van der Waals surface area contributed by atoms with Crippen molar-refractivity contribution in [2.24, 2.45) is 5.92 Å². The SMILES string of the molecule is COC(=O)c1cc(C2CC2)c(OCC2CCN(Cc3cnc(OCC(F)(F)F)c(Cl)c3)CC2)cc1F. The Bertz CT molecular complexity index is 1090. The summed E-state index contributed by atoms with van der Waals surface area (Å²) < 4.78 is 66.8. The lowest BCUT2D eigenvalue weighted by molar-refractivity contribution is -0.154. The molecule has 0 unspecified atom stereocenters. The van der Waals surface area contributed by atoms with E-state index in [1.165, 1.54) is 19.4 Å². The van der Waals surface area contributed by atoms with Gasteiger partial charge in [0, 0.05) is 18.8 Å². The smallest absolute Gasteiger partial charge is 0.422 e. The van der Waals surface area contributed by atoms with Gasteiger partial charge in [-0.05, 0) is 73.9 Å². The van der Waals surface area contributed by atoms with Crippen LogP contribution in [0.4, 0.5) is 17.6 Å². The van der Waals surface area contributed by atoms with Crippen LogP contribution in [0.15, 0.2) is 24.4 Å². The van der Waals surface area contributed by atoms with Crippen molar-refractivity contribution in [2.75, 3.05) is 33.4 Å². The second-order valence-corrected chi connectivity index (χ2v) is 9.61. The number of benzene rings is 1. The fraction of sp³-hybridized carbons (Fsp3) is 0.520. The maximum absolute atomic E-state index is 14.5. The van der Waals surface area contributed by atoms with Crippen molar-refractivity contribution in [3.05, 3.63) is 51.9 Å². The molecule has 4 rings (SSSR count). The van der Waals surface area contributed by atoms with Crippen molar-refractivity contribution in [3.8, 4) is 11.6 Å². The van der Waals surface area contributed by atoms with Gasteiger partial charge in [0.25, 0.3) is 0 Å². The lowest BCUT2D eigenvalue weighted by Gasteiger charge is -2.32. The van der Waals surface area contributed by atoms with Crippen LogP contribution in [0.25, 0.3) is 0 Å². The van der Waals surface area contributed by atoms with Crippen LogP contribution in [-0.2, 0) is 11.3 Å². The Morgan fingerprint density at radius 2 is 1.86 bits per heavy atom. The van der Waals surface area contributed by atoms with Gasteiger partial charge in [0.1, 0.15) is 16.6 Å². The zero-order chi connectivity index (χ0) is 25.9. The van der Waals surface area contributed by atoms with E-state index in [2.05, 4.69) is 19.4 Å². The first-order valence-corrected chi connectivity index (χ1v) is 12.1. The Labute approximate surface area is 211 Å². The van der Waals surface area contributed by atoms with Gasteiger partial charge in [-0.25, -0.2) is 14.2 Å². The number of likely N-dealkylation sites (tertiary alicyclic amines) is 1. The van der Waals surface area contributed by atoms with Crippen molar-refractivity contribution in [2.45, 2.75) is 44.3 Å². The maximum Gasteiger partial charge on any atom is 0.422 e. The normalized spacial score (nSPS) is 17.2. The first kappa shape index (κ1) is 26.5. The largest absolute Gasteiger partial charge is 0.493 e. The minimum atomic E-state index is -4.46. The monoisotopic (exact) mass is 530 g/mol. The van der Waals surface area contributed by atoms with E-state index in [0.29, 0.717) is 18.9 Å². The van der Waals surface area contributed by atoms with Crippen molar-refractivity contribution in [3.63, 3.8) is 0 Å². The number of carbonyl (C=O) groups is 1. The third-order valence-corrected chi connectivity index (χ3v) is 6.62. The molecule has 0 N–H and O–H groups in total. The fourth-order valence-electron chi connectivity index (χ4n) is 4.26. The molecule has 0 spiro atoms. The molecule has 0 radical (unpaired) electrons. The molecule has 2 fully saturated rings. The molecule has 0 amide bonds. The fourth-order valence-corrected chi connectivity index (χ4v) is 4.50. The molecule has 2 heterocycles. The van der Waals surface area contributed by atoms with Crippen molar-refractivity contribution in [1.82, 2.24) is 9.88 Å². The summed E-state index contributed by atoms with van der Waals surface area (Å²) in [6.45, 7) is 1.15. The highest BCUT2D eigenvalue weighted by molar-refractivity contribution is 6.31. The molecule has 6 nitrogen and oxygen atoms in total. The van der Waals surface area contributed by atoms with Crippen LogP contribution in [0.3, 0.4) is 0 Å². The summed E-state index contributed by atoms with van der Waals surface area (Å²) in [7, 11) is 1.22. The highest BCUT2D eigenvalue weighted by atomic mass is 35.5. The van der Waals surface area contributed by atoms with Crippen LogP contribution >= 0.6 is 11.6 Å². The number of hydrogen-bond acceptors (Lipinski definition) is 6. The average Bonchev–Trinajstić information content (AvgIpc) is 3.67. The van der Waals surface area contributed by atoms with Gasteiger partial charge in [-0.3, -0.25) is 4.90 Å². The number of pyridine rings is 1. The summed E-state index contributed by atoms with van der Waals surface area (Å²) >= 11 is 6.04. The molecule has 196 valence electrons. The number of ether oxygens (including phenoxy) is 3. The first-order chi connectivity index (χ1) is 17.1. The highest BCUT2D eigenvalue weighted by Crippen LogP contribution is 2.45. The molecule has 1 aliphatic carbocycles. The summed E-state index contributed by atoms with van der Waals surface area (Å²) in [5.41, 5.74) is 1.56. The number of aromatic nitrogens is 1. The molecular weight excluding hydrogens is 504 g/mol. The molecular formula is C25H27ClF4N2O4. The summed E-state index contributed by atoms with van der Waals surface area (Å²) in [4.78, 5) is 18.0. The van der Waals surface area contributed by atoms with Gasteiger partial charge >= 0.3 is 12.1 Å². The summed E-state index contributed by atoms with van der Waals surface area (Å²) in [5.74, 6) is -0.548. The number of rotatable bonds is 9. The standard InChI is InChI=1S/C25H27ClF4N2O4/c1-34-24(33)19-9-18(17-2-3-17)22(10-21(19)27)35-13-15-4-6-32(7-5-15)12-16-8-20(26)23(31-11-16)36-14-25(28,29)30/h8-11,15,17H,2-7,12-14H2,1H3. The molecule has 0 atom stereocenters. The second-order valence-electron chi connectivity index (χ2n) is 9.20. The van der Waals surface area contributed by atoms with Crippen molar-refractivity contribution < 1.29 is 36.6 Å². The Kier molecular flexibility index (Phi) is 8.24. The van der Waals surface area contributed by atoms with Gasteiger partial charge in [0.15, 0.2) is 6.61 Å². The maximum atomic E-state index is 14.5. The quantitative estimate of drug-likeness (QED) is 0.303. The van der Waals surface area contributed by atoms with E-state index in [9.17, 15) is 22.4 Å². The molecule has 11 heteroatoms. The second kappa shape index (κ2) is 11.2. The van der Waals surface area contributed by atoms with E-state index in [0.717, 1.165) is 49.9 Å². The molecule has 1 aromatic carbocycles. The molecule has 1 saturated heterocycles. The molecule has 2 aliphatic rings. The van der Waals surface area contributed by atoms with Crippen LogP contribution in [0.5, 0.6) is 11.6 Å². The minimum absolute atomic E-state index is 0.0388. The van der Waals surface area contributed by atoms with Crippen LogP contribution in [0, 0.1) is 11.7 Å².